The third-order valence-electron chi connectivity index (χ3n) is 3.94. The van der Waals surface area contributed by atoms with Crippen LogP contribution in [0.15, 0.2) is 42.5 Å². The van der Waals surface area contributed by atoms with Crippen LogP contribution in [-0.4, -0.2) is 34.9 Å². The van der Waals surface area contributed by atoms with Crippen molar-refractivity contribution in [3.8, 4) is 0 Å². The molecular weight excluding hydrogens is 354 g/mol. The Balaban J connectivity index is 1.38. The third kappa shape index (κ3) is 4.87. The van der Waals surface area contributed by atoms with E-state index in [1.807, 2.05) is 24.3 Å². The number of para-hydroxylation sites is 2. The lowest BCUT2D eigenvalue weighted by Crippen LogP contribution is -2.37. The molecule has 0 atom stereocenters. The Hall–Kier alpha value is -3.29. The van der Waals surface area contributed by atoms with Gasteiger partial charge in [0.25, 0.3) is 5.91 Å². The summed E-state index contributed by atoms with van der Waals surface area (Å²) in [6, 6.07) is 10.3. The average molecular weight is 372 g/mol. The Kier molecular flexibility index (Phi) is 5.75. The number of carbonyl (C=O) groups excluding carboxylic acids is 2. The number of H-pyrrole nitrogens is 1. The van der Waals surface area contributed by atoms with E-state index >= 15 is 0 Å². The van der Waals surface area contributed by atoms with Crippen LogP contribution >= 0.6 is 0 Å². The number of amides is 2. The van der Waals surface area contributed by atoms with Crippen LogP contribution in [0.5, 0.6) is 0 Å². The van der Waals surface area contributed by atoms with Crippen molar-refractivity contribution in [2.24, 2.45) is 0 Å². The summed E-state index contributed by atoms with van der Waals surface area (Å²) in [4.78, 5) is 31.2. The van der Waals surface area contributed by atoms with Gasteiger partial charge in [-0.1, -0.05) is 12.1 Å². The molecule has 3 aromatic rings. The SMILES string of the molecule is O=C(CNC(=O)c1ccc(F)cc1F)NCCCc1nc2ccccc2[nH]1. The third-order valence-corrected chi connectivity index (χ3v) is 3.94. The summed E-state index contributed by atoms with van der Waals surface area (Å²) < 4.78 is 26.3. The number of hydrogen-bond acceptors (Lipinski definition) is 3. The number of halogens is 2. The molecule has 0 saturated heterocycles. The van der Waals surface area contributed by atoms with Crippen molar-refractivity contribution < 1.29 is 18.4 Å². The van der Waals surface area contributed by atoms with Gasteiger partial charge in [-0.05, 0) is 30.7 Å². The zero-order valence-electron chi connectivity index (χ0n) is 14.4. The molecule has 0 bridgehead atoms. The van der Waals surface area contributed by atoms with Crippen molar-refractivity contribution in [2.45, 2.75) is 12.8 Å². The molecule has 0 aliphatic rings. The summed E-state index contributed by atoms with van der Waals surface area (Å²) in [7, 11) is 0. The van der Waals surface area contributed by atoms with Gasteiger partial charge < -0.3 is 15.6 Å². The van der Waals surface area contributed by atoms with Crippen molar-refractivity contribution in [2.75, 3.05) is 13.1 Å². The highest BCUT2D eigenvalue weighted by atomic mass is 19.1. The number of rotatable bonds is 7. The predicted molar refractivity (Wildman–Crippen MR) is 96.1 cm³/mol. The van der Waals surface area contributed by atoms with Crippen LogP contribution in [0.1, 0.15) is 22.6 Å². The van der Waals surface area contributed by atoms with Crippen molar-refractivity contribution in [1.29, 1.82) is 0 Å². The maximum atomic E-state index is 13.5. The fourth-order valence-electron chi connectivity index (χ4n) is 2.60. The first kappa shape index (κ1) is 18.5. The maximum Gasteiger partial charge on any atom is 0.254 e. The van der Waals surface area contributed by atoms with Crippen LogP contribution in [0.2, 0.25) is 0 Å². The molecule has 27 heavy (non-hydrogen) atoms. The van der Waals surface area contributed by atoms with Gasteiger partial charge in [-0.25, -0.2) is 13.8 Å². The fraction of sp³-hybridized carbons (Fsp3) is 0.211. The first-order chi connectivity index (χ1) is 13.0. The Morgan fingerprint density at radius 3 is 2.67 bits per heavy atom. The van der Waals surface area contributed by atoms with E-state index in [1.165, 1.54) is 0 Å². The molecule has 0 radical (unpaired) electrons. The number of benzene rings is 2. The lowest BCUT2D eigenvalue weighted by molar-refractivity contribution is -0.120. The zero-order valence-corrected chi connectivity index (χ0v) is 14.4. The molecule has 2 aromatic carbocycles. The molecule has 8 heteroatoms. The fourth-order valence-corrected chi connectivity index (χ4v) is 2.60. The van der Waals surface area contributed by atoms with Crippen LogP contribution in [-0.2, 0) is 11.2 Å². The largest absolute Gasteiger partial charge is 0.355 e. The number of imidazole rings is 1. The molecule has 140 valence electrons. The molecule has 1 aromatic heterocycles. The molecular formula is C19H18F2N4O2. The highest BCUT2D eigenvalue weighted by Gasteiger charge is 2.13. The number of carbonyl (C=O) groups is 2. The van der Waals surface area contributed by atoms with Crippen molar-refractivity contribution >= 4 is 22.8 Å². The quantitative estimate of drug-likeness (QED) is 0.556. The monoisotopic (exact) mass is 372 g/mol. The summed E-state index contributed by atoms with van der Waals surface area (Å²) in [6.07, 6.45) is 1.34. The lowest BCUT2D eigenvalue weighted by Gasteiger charge is -2.07. The Bertz CT molecular complexity index is 938. The van der Waals surface area contributed by atoms with Crippen LogP contribution in [0.3, 0.4) is 0 Å². The van der Waals surface area contributed by atoms with Gasteiger partial charge in [0.2, 0.25) is 5.91 Å². The number of aromatic nitrogens is 2. The minimum absolute atomic E-state index is 0.291. The van der Waals surface area contributed by atoms with Gasteiger partial charge >= 0.3 is 0 Å². The Morgan fingerprint density at radius 1 is 1.07 bits per heavy atom. The van der Waals surface area contributed by atoms with Crippen LogP contribution in [0, 0.1) is 11.6 Å². The summed E-state index contributed by atoms with van der Waals surface area (Å²) in [6.45, 7) is 0.122. The molecule has 3 rings (SSSR count). The smallest absolute Gasteiger partial charge is 0.254 e. The Labute approximate surface area is 154 Å². The zero-order chi connectivity index (χ0) is 19.2. The normalized spacial score (nSPS) is 10.7. The minimum Gasteiger partial charge on any atom is -0.355 e. The summed E-state index contributed by atoms with van der Waals surface area (Å²) in [5.41, 5.74) is 1.55. The van der Waals surface area contributed by atoms with E-state index in [9.17, 15) is 18.4 Å². The van der Waals surface area contributed by atoms with E-state index in [-0.39, 0.29) is 12.1 Å². The molecule has 0 aliphatic heterocycles. The molecule has 0 saturated carbocycles. The number of hydrogen-bond donors (Lipinski definition) is 3. The van der Waals surface area contributed by atoms with Crippen molar-refractivity contribution in [3.63, 3.8) is 0 Å². The first-order valence-electron chi connectivity index (χ1n) is 8.46. The summed E-state index contributed by atoms with van der Waals surface area (Å²) in [5, 5.41) is 4.97. The highest BCUT2D eigenvalue weighted by Crippen LogP contribution is 2.11. The van der Waals surface area contributed by atoms with Crippen LogP contribution < -0.4 is 10.6 Å². The molecule has 0 spiro atoms. The van der Waals surface area contributed by atoms with Gasteiger partial charge in [0.05, 0.1) is 23.1 Å². The summed E-state index contributed by atoms with van der Waals surface area (Å²) in [5.74, 6) is -2.07. The number of nitrogens with one attached hydrogen (secondary N) is 3. The molecule has 0 unspecified atom stereocenters. The average Bonchev–Trinajstić information content (AvgIpc) is 3.06. The van der Waals surface area contributed by atoms with E-state index in [0.29, 0.717) is 25.5 Å². The lowest BCUT2D eigenvalue weighted by atomic mass is 10.2. The van der Waals surface area contributed by atoms with Crippen LogP contribution in [0.4, 0.5) is 8.78 Å². The van der Waals surface area contributed by atoms with Gasteiger partial charge in [0, 0.05) is 19.0 Å². The molecule has 3 N–H and O–H groups in total. The van der Waals surface area contributed by atoms with Gasteiger partial charge in [0.15, 0.2) is 0 Å². The number of nitrogens with zero attached hydrogens (tertiary/aromatic N) is 1. The van der Waals surface area contributed by atoms with Gasteiger partial charge in [0.1, 0.15) is 17.5 Å². The number of aromatic amines is 1. The van der Waals surface area contributed by atoms with Crippen molar-refractivity contribution in [1.82, 2.24) is 20.6 Å². The second kappa shape index (κ2) is 8.39. The van der Waals surface area contributed by atoms with Gasteiger partial charge in [-0.3, -0.25) is 9.59 Å². The van der Waals surface area contributed by atoms with Gasteiger partial charge in [-0.2, -0.15) is 0 Å². The van der Waals surface area contributed by atoms with Gasteiger partial charge in [-0.15, -0.1) is 0 Å². The molecule has 1 heterocycles. The molecule has 0 aliphatic carbocycles. The standard InChI is InChI=1S/C19H18F2N4O2/c20-12-7-8-13(14(21)10-12)19(27)23-11-18(26)22-9-3-6-17-24-15-4-1-2-5-16(15)25-17/h1-2,4-5,7-8,10H,3,6,9,11H2,(H,22,26)(H,23,27)(H,24,25). The minimum atomic E-state index is -0.973. The van der Waals surface area contributed by atoms with E-state index in [1.54, 1.807) is 0 Å². The summed E-state index contributed by atoms with van der Waals surface area (Å²) >= 11 is 0. The number of aryl methyl sites for hydroxylation is 1. The number of fused-ring (bicyclic) bond motifs is 1. The molecule has 0 fully saturated rings. The Morgan fingerprint density at radius 2 is 1.89 bits per heavy atom. The maximum absolute atomic E-state index is 13.5. The highest BCUT2D eigenvalue weighted by molar-refractivity contribution is 5.96. The molecule has 6 nitrogen and oxygen atoms in total. The van der Waals surface area contributed by atoms with Crippen LogP contribution in [0.25, 0.3) is 11.0 Å². The second-order valence-corrected chi connectivity index (χ2v) is 5.96. The van der Waals surface area contributed by atoms with E-state index < -0.39 is 23.4 Å². The van der Waals surface area contributed by atoms with E-state index in [0.717, 1.165) is 29.0 Å². The second-order valence-electron chi connectivity index (χ2n) is 5.96. The van der Waals surface area contributed by atoms with Crippen molar-refractivity contribution in [3.05, 3.63) is 65.5 Å². The molecule has 2 amide bonds. The van der Waals surface area contributed by atoms with E-state index in [4.69, 9.17) is 0 Å². The van der Waals surface area contributed by atoms with E-state index in [2.05, 4.69) is 20.6 Å². The first-order valence-corrected chi connectivity index (χ1v) is 8.46. The predicted octanol–water partition coefficient (Wildman–Crippen LogP) is 2.32. The topological polar surface area (TPSA) is 86.9 Å².